The van der Waals surface area contributed by atoms with Crippen molar-refractivity contribution in [2.24, 2.45) is 0 Å². The summed E-state index contributed by atoms with van der Waals surface area (Å²) in [4.78, 5) is 0.621. The highest BCUT2D eigenvalue weighted by molar-refractivity contribution is 7.85. The fourth-order valence-corrected chi connectivity index (χ4v) is 3.17. The monoisotopic (exact) mass is 275 g/mol. The molecule has 19 heavy (non-hydrogen) atoms. The molecule has 0 heterocycles. The van der Waals surface area contributed by atoms with Gasteiger partial charge < -0.3 is 10.5 Å². The molecule has 0 aromatic heterocycles. The Labute approximate surface area is 115 Å². The lowest BCUT2D eigenvalue weighted by molar-refractivity contribution is 0.413. The number of hydrogen-bond donors (Lipinski definition) is 1. The average molecular weight is 275 g/mol. The van der Waals surface area contributed by atoms with Crippen molar-refractivity contribution in [2.75, 3.05) is 12.8 Å². The standard InChI is InChI=1S/C15H17NO2S/c1-11(12-6-4-3-5-7-12)19(17)15-10-13(18-2)8-9-14(15)16/h3-11H,16H2,1-2H3. The summed E-state index contributed by atoms with van der Waals surface area (Å²) in [5.74, 6) is 0.665. The van der Waals surface area contributed by atoms with Crippen LogP contribution in [0.25, 0.3) is 0 Å². The molecule has 3 nitrogen and oxygen atoms in total. The van der Waals surface area contributed by atoms with Crippen LogP contribution in [0.3, 0.4) is 0 Å². The summed E-state index contributed by atoms with van der Waals surface area (Å²) in [7, 11) is 0.375. The Morgan fingerprint density at radius 1 is 1.16 bits per heavy atom. The number of hydrogen-bond acceptors (Lipinski definition) is 3. The van der Waals surface area contributed by atoms with Crippen LogP contribution in [0.1, 0.15) is 17.7 Å². The van der Waals surface area contributed by atoms with Gasteiger partial charge in [-0.05, 0) is 30.7 Å². The summed E-state index contributed by atoms with van der Waals surface area (Å²) in [6.07, 6.45) is 0. The van der Waals surface area contributed by atoms with E-state index >= 15 is 0 Å². The first-order valence-corrected chi connectivity index (χ1v) is 7.24. The van der Waals surface area contributed by atoms with E-state index in [1.807, 2.05) is 37.3 Å². The number of nitrogen functional groups attached to an aromatic ring is 1. The summed E-state index contributed by atoms with van der Waals surface area (Å²) in [6.45, 7) is 1.93. The van der Waals surface area contributed by atoms with Gasteiger partial charge >= 0.3 is 0 Å². The smallest absolute Gasteiger partial charge is 0.120 e. The molecule has 0 fully saturated rings. The third-order valence-corrected chi connectivity index (χ3v) is 4.73. The lowest BCUT2D eigenvalue weighted by Gasteiger charge is -2.14. The fraction of sp³-hybridized carbons (Fsp3) is 0.200. The molecule has 0 saturated heterocycles. The first kappa shape index (κ1) is 13.6. The van der Waals surface area contributed by atoms with E-state index in [0.29, 0.717) is 16.3 Å². The number of anilines is 1. The zero-order valence-electron chi connectivity index (χ0n) is 11.0. The van der Waals surface area contributed by atoms with E-state index < -0.39 is 10.8 Å². The minimum Gasteiger partial charge on any atom is -0.497 e. The van der Waals surface area contributed by atoms with E-state index in [1.54, 1.807) is 25.3 Å². The van der Waals surface area contributed by atoms with Gasteiger partial charge in [0.15, 0.2) is 0 Å². The van der Waals surface area contributed by atoms with Crippen molar-refractivity contribution in [1.29, 1.82) is 0 Å². The molecule has 2 atom stereocenters. The van der Waals surface area contributed by atoms with E-state index in [2.05, 4.69) is 0 Å². The van der Waals surface area contributed by atoms with Crippen LogP contribution in [0.5, 0.6) is 5.75 Å². The van der Waals surface area contributed by atoms with Crippen LogP contribution in [0.2, 0.25) is 0 Å². The van der Waals surface area contributed by atoms with Crippen molar-refractivity contribution >= 4 is 16.5 Å². The molecule has 0 aliphatic carbocycles. The topological polar surface area (TPSA) is 52.3 Å². The molecule has 0 saturated carbocycles. The van der Waals surface area contributed by atoms with Crippen molar-refractivity contribution < 1.29 is 8.95 Å². The second-order valence-corrected chi connectivity index (χ2v) is 6.00. The van der Waals surface area contributed by atoms with Crippen molar-refractivity contribution in [3.05, 3.63) is 54.1 Å². The largest absolute Gasteiger partial charge is 0.497 e. The van der Waals surface area contributed by atoms with Crippen LogP contribution in [-0.4, -0.2) is 11.3 Å². The molecule has 2 rings (SSSR count). The van der Waals surface area contributed by atoms with Crippen LogP contribution in [-0.2, 0) is 10.8 Å². The molecule has 0 spiro atoms. The van der Waals surface area contributed by atoms with Gasteiger partial charge in [-0.3, -0.25) is 4.21 Å². The Hall–Kier alpha value is -1.81. The molecule has 2 aromatic rings. The Bertz CT molecular complexity index is 584. The number of benzene rings is 2. The highest BCUT2D eigenvalue weighted by atomic mass is 32.2. The SMILES string of the molecule is COc1ccc(N)c(S(=O)C(C)c2ccccc2)c1. The minimum absolute atomic E-state index is 0.115. The Morgan fingerprint density at radius 2 is 1.84 bits per heavy atom. The van der Waals surface area contributed by atoms with Crippen LogP contribution in [0.15, 0.2) is 53.4 Å². The quantitative estimate of drug-likeness (QED) is 0.872. The average Bonchev–Trinajstić information content (AvgIpc) is 2.47. The normalized spacial score (nSPS) is 13.8. The van der Waals surface area contributed by atoms with Gasteiger partial charge in [0.05, 0.1) is 28.1 Å². The van der Waals surface area contributed by atoms with Gasteiger partial charge in [-0.1, -0.05) is 30.3 Å². The maximum atomic E-state index is 12.6. The molecular formula is C15H17NO2S. The van der Waals surface area contributed by atoms with Crippen LogP contribution in [0, 0.1) is 0 Å². The number of ether oxygens (including phenoxy) is 1. The maximum absolute atomic E-state index is 12.6. The third-order valence-electron chi connectivity index (χ3n) is 3.03. The summed E-state index contributed by atoms with van der Waals surface area (Å²) in [5, 5.41) is -0.115. The van der Waals surface area contributed by atoms with E-state index in [-0.39, 0.29) is 5.25 Å². The van der Waals surface area contributed by atoms with Gasteiger partial charge in [0.25, 0.3) is 0 Å². The molecule has 0 bridgehead atoms. The van der Waals surface area contributed by atoms with E-state index in [4.69, 9.17) is 10.5 Å². The lowest BCUT2D eigenvalue weighted by atomic mass is 10.2. The molecule has 0 aliphatic rings. The predicted octanol–water partition coefficient (Wildman–Crippen LogP) is 3.15. The van der Waals surface area contributed by atoms with Gasteiger partial charge in [-0.15, -0.1) is 0 Å². The lowest BCUT2D eigenvalue weighted by Crippen LogP contribution is -2.06. The van der Waals surface area contributed by atoms with Gasteiger partial charge in [0.2, 0.25) is 0 Å². The zero-order chi connectivity index (χ0) is 13.8. The molecule has 4 heteroatoms. The zero-order valence-corrected chi connectivity index (χ0v) is 11.8. The fourth-order valence-electron chi connectivity index (χ4n) is 1.85. The van der Waals surface area contributed by atoms with Gasteiger partial charge in [-0.25, -0.2) is 0 Å². The molecule has 2 N–H and O–H groups in total. The summed E-state index contributed by atoms with van der Waals surface area (Å²) >= 11 is 0. The van der Waals surface area contributed by atoms with Gasteiger partial charge in [-0.2, -0.15) is 0 Å². The second-order valence-electron chi connectivity index (χ2n) is 4.25. The molecule has 100 valence electrons. The van der Waals surface area contributed by atoms with Crippen molar-refractivity contribution in [3.8, 4) is 5.75 Å². The second kappa shape index (κ2) is 5.89. The molecule has 2 aromatic carbocycles. The Morgan fingerprint density at radius 3 is 2.47 bits per heavy atom. The van der Waals surface area contributed by atoms with Crippen LogP contribution < -0.4 is 10.5 Å². The highest BCUT2D eigenvalue weighted by Gasteiger charge is 2.18. The molecule has 0 amide bonds. The number of nitrogens with two attached hydrogens (primary N) is 1. The number of rotatable bonds is 4. The minimum atomic E-state index is -1.21. The first-order valence-electron chi connectivity index (χ1n) is 6.02. The Kier molecular flexibility index (Phi) is 4.22. The van der Waals surface area contributed by atoms with Crippen LogP contribution >= 0.6 is 0 Å². The Balaban J connectivity index is 2.34. The van der Waals surface area contributed by atoms with Crippen molar-refractivity contribution in [3.63, 3.8) is 0 Å². The highest BCUT2D eigenvalue weighted by Crippen LogP contribution is 2.30. The molecular weight excluding hydrogens is 258 g/mol. The van der Waals surface area contributed by atoms with Crippen LogP contribution in [0.4, 0.5) is 5.69 Å². The van der Waals surface area contributed by atoms with Gasteiger partial charge in [0.1, 0.15) is 5.75 Å². The van der Waals surface area contributed by atoms with E-state index in [9.17, 15) is 4.21 Å². The van der Waals surface area contributed by atoms with Crippen molar-refractivity contribution in [1.82, 2.24) is 0 Å². The van der Waals surface area contributed by atoms with Crippen molar-refractivity contribution in [2.45, 2.75) is 17.1 Å². The third kappa shape index (κ3) is 2.96. The summed E-state index contributed by atoms with van der Waals surface area (Å²) < 4.78 is 17.8. The summed E-state index contributed by atoms with van der Waals surface area (Å²) in [5.41, 5.74) is 7.47. The maximum Gasteiger partial charge on any atom is 0.120 e. The predicted molar refractivity (Wildman–Crippen MR) is 78.7 cm³/mol. The molecule has 0 aliphatic heterocycles. The van der Waals surface area contributed by atoms with E-state index in [0.717, 1.165) is 5.56 Å². The molecule has 0 radical (unpaired) electrons. The number of methoxy groups -OCH3 is 1. The molecule has 2 unspecified atom stereocenters. The summed E-state index contributed by atoms with van der Waals surface area (Å²) in [6, 6.07) is 15.0. The van der Waals surface area contributed by atoms with Gasteiger partial charge in [0, 0.05) is 5.69 Å². The van der Waals surface area contributed by atoms with E-state index in [1.165, 1.54) is 0 Å². The first-order chi connectivity index (χ1) is 9.13.